The van der Waals surface area contributed by atoms with Crippen molar-refractivity contribution in [3.8, 4) is 0 Å². The Labute approximate surface area is 82.3 Å². The first-order valence-corrected chi connectivity index (χ1v) is 4.44. The van der Waals surface area contributed by atoms with Crippen LogP contribution in [0.2, 0.25) is 5.15 Å². The van der Waals surface area contributed by atoms with Gasteiger partial charge in [-0.3, -0.25) is 4.40 Å². The van der Waals surface area contributed by atoms with Gasteiger partial charge in [0.2, 0.25) is 0 Å². The van der Waals surface area contributed by atoms with E-state index >= 15 is 0 Å². The van der Waals surface area contributed by atoms with Crippen LogP contribution in [0.15, 0.2) is 22.8 Å². The van der Waals surface area contributed by atoms with Crippen LogP contribution in [-0.2, 0) is 0 Å². The van der Waals surface area contributed by atoms with E-state index in [0.717, 1.165) is 10.1 Å². The van der Waals surface area contributed by atoms with Gasteiger partial charge in [-0.2, -0.15) is 0 Å². The summed E-state index contributed by atoms with van der Waals surface area (Å²) in [4.78, 5) is 4.09. The Hall–Kier alpha value is -0.740. The molecule has 0 saturated carbocycles. The molecule has 2 rings (SSSR count). The van der Waals surface area contributed by atoms with Gasteiger partial charge in [-0.1, -0.05) is 11.6 Å². The predicted molar refractivity (Wildman–Crippen MR) is 52.3 cm³/mol. The van der Waals surface area contributed by atoms with Gasteiger partial charge in [0.1, 0.15) is 11.0 Å². The minimum atomic E-state index is 0.538. The molecular weight excluding hydrogens is 241 g/mol. The molecule has 0 atom stereocenters. The lowest BCUT2D eigenvalue weighted by Gasteiger charge is -2.00. The van der Waals surface area contributed by atoms with E-state index in [1.165, 1.54) is 0 Å². The van der Waals surface area contributed by atoms with Gasteiger partial charge in [-0.05, 0) is 28.1 Å². The molecule has 2 aromatic heterocycles. The summed E-state index contributed by atoms with van der Waals surface area (Å²) in [6.45, 7) is 0. The second-order valence-corrected chi connectivity index (χ2v) is 3.59. The molecule has 12 heavy (non-hydrogen) atoms. The molecule has 0 fully saturated rings. The average molecular weight is 246 g/mol. The lowest BCUT2D eigenvalue weighted by Crippen LogP contribution is -1.93. The quantitative estimate of drug-likeness (QED) is 0.725. The first-order chi connectivity index (χ1) is 5.70. The van der Waals surface area contributed by atoms with Gasteiger partial charge in [-0.25, -0.2) is 4.98 Å². The first kappa shape index (κ1) is 7.89. The number of hydrogen-bond donors (Lipinski definition) is 1. The number of halogens is 2. The normalized spacial score (nSPS) is 10.8. The highest BCUT2D eigenvalue weighted by atomic mass is 79.9. The van der Waals surface area contributed by atoms with Crippen molar-refractivity contribution >= 4 is 39.0 Å². The maximum Gasteiger partial charge on any atom is 0.153 e. The Kier molecular flexibility index (Phi) is 1.73. The first-order valence-electron chi connectivity index (χ1n) is 3.27. The Morgan fingerprint density at radius 1 is 1.50 bits per heavy atom. The third-order valence-electron chi connectivity index (χ3n) is 1.58. The summed E-state index contributed by atoms with van der Waals surface area (Å²) in [7, 11) is 0. The van der Waals surface area contributed by atoms with Gasteiger partial charge < -0.3 is 5.73 Å². The summed E-state index contributed by atoms with van der Waals surface area (Å²) in [5.41, 5.74) is 6.38. The van der Waals surface area contributed by atoms with E-state index in [9.17, 15) is 0 Å². The Morgan fingerprint density at radius 2 is 2.25 bits per heavy atom. The molecule has 0 saturated heterocycles. The van der Waals surface area contributed by atoms with Crippen molar-refractivity contribution in [3.63, 3.8) is 0 Å². The highest BCUT2D eigenvalue weighted by molar-refractivity contribution is 9.10. The largest absolute Gasteiger partial charge is 0.383 e. The maximum absolute atomic E-state index is 5.90. The predicted octanol–water partition coefficient (Wildman–Crippen LogP) is 2.33. The van der Waals surface area contributed by atoms with E-state index in [1.54, 1.807) is 16.7 Å². The number of rotatable bonds is 0. The van der Waals surface area contributed by atoms with Crippen LogP contribution in [0.3, 0.4) is 0 Å². The van der Waals surface area contributed by atoms with Gasteiger partial charge in [0.15, 0.2) is 5.65 Å². The number of imidazole rings is 1. The van der Waals surface area contributed by atoms with Crippen molar-refractivity contribution in [2.24, 2.45) is 0 Å². The molecule has 0 unspecified atom stereocenters. The van der Waals surface area contributed by atoms with Crippen molar-refractivity contribution < 1.29 is 0 Å². The molecule has 2 N–H and O–H groups in total. The molecule has 62 valence electrons. The zero-order valence-electron chi connectivity index (χ0n) is 5.96. The number of hydrogen-bond acceptors (Lipinski definition) is 2. The fourth-order valence-electron chi connectivity index (χ4n) is 1.05. The Bertz CT molecular complexity index is 437. The van der Waals surface area contributed by atoms with E-state index in [2.05, 4.69) is 20.9 Å². The molecule has 2 aromatic rings. The Balaban J connectivity index is 2.98. The fraction of sp³-hybridized carbons (Fsp3) is 0. The van der Waals surface area contributed by atoms with E-state index in [-0.39, 0.29) is 0 Å². The third-order valence-corrected chi connectivity index (χ3v) is 2.50. The second kappa shape index (κ2) is 2.64. The highest BCUT2D eigenvalue weighted by Crippen LogP contribution is 2.23. The third kappa shape index (κ3) is 0.990. The molecule has 0 aliphatic carbocycles. The maximum atomic E-state index is 5.90. The molecule has 0 amide bonds. The summed E-state index contributed by atoms with van der Waals surface area (Å²) >= 11 is 9.24. The topological polar surface area (TPSA) is 43.3 Å². The van der Waals surface area contributed by atoms with Gasteiger partial charge in [-0.15, -0.1) is 0 Å². The summed E-state index contributed by atoms with van der Waals surface area (Å²) in [6, 6.07) is 3.60. The summed E-state index contributed by atoms with van der Waals surface area (Å²) in [5.74, 6) is 0.538. The summed E-state index contributed by atoms with van der Waals surface area (Å²) in [6.07, 6.45) is 1.58. The number of anilines is 1. The number of fused-ring (bicyclic) bond motifs is 1. The second-order valence-electron chi connectivity index (χ2n) is 2.35. The van der Waals surface area contributed by atoms with Crippen LogP contribution in [0.5, 0.6) is 0 Å². The molecule has 5 heteroatoms. The van der Waals surface area contributed by atoms with Crippen LogP contribution in [0, 0.1) is 0 Å². The molecule has 0 spiro atoms. The molecule has 0 aliphatic rings. The van der Waals surface area contributed by atoms with Crippen LogP contribution < -0.4 is 5.73 Å². The molecule has 0 radical (unpaired) electrons. The molecule has 2 heterocycles. The summed E-state index contributed by atoms with van der Waals surface area (Å²) in [5, 5.41) is 0.559. The SMILES string of the molecule is Nc1cnc2c(Br)ccc(Cl)n12. The lowest BCUT2D eigenvalue weighted by molar-refractivity contribution is 1.19. The van der Waals surface area contributed by atoms with Gasteiger partial charge in [0.25, 0.3) is 0 Å². The Morgan fingerprint density at radius 3 is 2.92 bits per heavy atom. The summed E-state index contributed by atoms with van der Waals surface area (Å²) < 4.78 is 2.55. The van der Waals surface area contributed by atoms with E-state index in [0.29, 0.717) is 11.0 Å². The smallest absolute Gasteiger partial charge is 0.153 e. The number of nitrogens with two attached hydrogens (primary N) is 1. The van der Waals surface area contributed by atoms with E-state index in [4.69, 9.17) is 17.3 Å². The van der Waals surface area contributed by atoms with Crippen molar-refractivity contribution in [1.82, 2.24) is 9.38 Å². The van der Waals surface area contributed by atoms with Gasteiger partial charge in [0, 0.05) is 0 Å². The number of nitrogens with zero attached hydrogens (tertiary/aromatic N) is 2. The van der Waals surface area contributed by atoms with Gasteiger partial charge in [0.05, 0.1) is 10.7 Å². The zero-order chi connectivity index (χ0) is 8.72. The highest BCUT2D eigenvalue weighted by Gasteiger charge is 2.05. The number of nitrogen functional groups attached to an aromatic ring is 1. The average Bonchev–Trinajstić information content (AvgIpc) is 2.42. The van der Waals surface area contributed by atoms with Crippen LogP contribution in [0.1, 0.15) is 0 Å². The molecule has 3 nitrogen and oxygen atoms in total. The van der Waals surface area contributed by atoms with Crippen molar-refractivity contribution in [2.75, 3.05) is 5.73 Å². The number of pyridine rings is 1. The number of aromatic nitrogens is 2. The van der Waals surface area contributed by atoms with E-state index in [1.807, 2.05) is 6.07 Å². The zero-order valence-corrected chi connectivity index (χ0v) is 8.30. The molecule has 0 aliphatic heterocycles. The lowest BCUT2D eigenvalue weighted by atomic mass is 10.5. The fourth-order valence-corrected chi connectivity index (χ4v) is 1.70. The van der Waals surface area contributed by atoms with Crippen LogP contribution >= 0.6 is 27.5 Å². The van der Waals surface area contributed by atoms with Gasteiger partial charge >= 0.3 is 0 Å². The minimum absolute atomic E-state index is 0.538. The molecule has 0 bridgehead atoms. The monoisotopic (exact) mass is 245 g/mol. The van der Waals surface area contributed by atoms with Crippen molar-refractivity contribution in [1.29, 1.82) is 0 Å². The minimum Gasteiger partial charge on any atom is -0.383 e. The van der Waals surface area contributed by atoms with E-state index < -0.39 is 0 Å². The van der Waals surface area contributed by atoms with Crippen molar-refractivity contribution in [2.45, 2.75) is 0 Å². The molecule has 0 aromatic carbocycles. The standard InChI is InChI=1S/C7H5BrClN3/c8-4-1-2-5(9)12-6(10)3-11-7(4)12/h1-3H,10H2. The van der Waals surface area contributed by atoms with Crippen LogP contribution in [0.4, 0.5) is 5.82 Å². The van der Waals surface area contributed by atoms with Crippen LogP contribution in [-0.4, -0.2) is 9.38 Å². The molecular formula is C7H5BrClN3. The van der Waals surface area contributed by atoms with Crippen molar-refractivity contribution in [3.05, 3.63) is 28.0 Å². The van der Waals surface area contributed by atoms with Crippen LogP contribution in [0.25, 0.3) is 5.65 Å².